The van der Waals surface area contributed by atoms with E-state index < -0.39 is 24.5 Å². The molecule has 0 unspecified atom stereocenters. The topological polar surface area (TPSA) is 107 Å². The zero-order valence-corrected chi connectivity index (χ0v) is 16.3. The molecule has 0 aliphatic carbocycles. The van der Waals surface area contributed by atoms with Crippen LogP contribution in [0.1, 0.15) is 29.2 Å². The minimum atomic E-state index is -0.709. The van der Waals surface area contributed by atoms with E-state index in [4.69, 9.17) is 9.47 Å². The lowest BCUT2D eigenvalue weighted by Gasteiger charge is -2.09. The standard InChI is InChI=1S/C18H21N3O5S/c1-10(2)19-18(24)21-14(22)9-26-17(23)15-11(3)20-16(27-15)12-5-7-13(25-4)8-6-12/h5-8,10H,9H2,1-4H3,(H2,19,21,22,24). The number of nitrogens with one attached hydrogen (secondary N) is 2. The average Bonchev–Trinajstić information content (AvgIpc) is 3.00. The van der Waals surface area contributed by atoms with Gasteiger partial charge in [-0.3, -0.25) is 10.1 Å². The number of thiazole rings is 1. The van der Waals surface area contributed by atoms with Gasteiger partial charge in [0.25, 0.3) is 5.91 Å². The monoisotopic (exact) mass is 391 g/mol. The Morgan fingerprint density at radius 2 is 1.85 bits per heavy atom. The molecule has 0 spiro atoms. The second-order valence-corrected chi connectivity index (χ2v) is 6.91. The Bertz CT molecular complexity index is 830. The highest BCUT2D eigenvalue weighted by molar-refractivity contribution is 7.17. The summed E-state index contributed by atoms with van der Waals surface area (Å²) in [5, 5.41) is 5.24. The number of nitrogens with zero attached hydrogens (tertiary/aromatic N) is 1. The first kappa shape index (κ1) is 20.4. The van der Waals surface area contributed by atoms with Gasteiger partial charge in [-0.15, -0.1) is 11.3 Å². The van der Waals surface area contributed by atoms with Crippen LogP contribution in [0.15, 0.2) is 24.3 Å². The van der Waals surface area contributed by atoms with Gasteiger partial charge in [-0.25, -0.2) is 14.6 Å². The number of benzene rings is 1. The second-order valence-electron chi connectivity index (χ2n) is 5.91. The van der Waals surface area contributed by atoms with Crippen LogP contribution >= 0.6 is 11.3 Å². The lowest BCUT2D eigenvalue weighted by molar-refractivity contribution is -0.123. The number of rotatable bonds is 6. The predicted molar refractivity (Wildman–Crippen MR) is 101 cm³/mol. The fourth-order valence-electron chi connectivity index (χ4n) is 2.10. The van der Waals surface area contributed by atoms with Gasteiger partial charge in [-0.2, -0.15) is 0 Å². The van der Waals surface area contributed by atoms with Gasteiger partial charge >= 0.3 is 12.0 Å². The Hall–Kier alpha value is -2.94. The molecule has 27 heavy (non-hydrogen) atoms. The van der Waals surface area contributed by atoms with Crippen LogP contribution in [0.3, 0.4) is 0 Å². The molecular formula is C18H21N3O5S. The van der Waals surface area contributed by atoms with Crippen LogP contribution in [-0.4, -0.2) is 42.7 Å². The van der Waals surface area contributed by atoms with Crippen molar-refractivity contribution in [2.24, 2.45) is 0 Å². The predicted octanol–water partition coefficient (Wildman–Crippen LogP) is 2.52. The highest BCUT2D eigenvalue weighted by Gasteiger charge is 2.19. The number of aromatic nitrogens is 1. The summed E-state index contributed by atoms with van der Waals surface area (Å²) in [6, 6.07) is 6.53. The van der Waals surface area contributed by atoms with Gasteiger partial charge in [-0.05, 0) is 45.0 Å². The van der Waals surface area contributed by atoms with Crippen molar-refractivity contribution in [1.82, 2.24) is 15.6 Å². The van der Waals surface area contributed by atoms with E-state index in [-0.39, 0.29) is 6.04 Å². The maximum atomic E-state index is 12.2. The van der Waals surface area contributed by atoms with Gasteiger partial charge in [0.15, 0.2) is 6.61 Å². The van der Waals surface area contributed by atoms with E-state index in [9.17, 15) is 14.4 Å². The molecule has 0 saturated carbocycles. The van der Waals surface area contributed by atoms with Crippen molar-refractivity contribution in [3.63, 3.8) is 0 Å². The number of carbonyl (C=O) groups excluding carboxylic acids is 3. The fourth-order valence-corrected chi connectivity index (χ4v) is 3.07. The van der Waals surface area contributed by atoms with E-state index in [0.717, 1.165) is 11.3 Å². The molecule has 3 amide bonds. The average molecular weight is 391 g/mol. The smallest absolute Gasteiger partial charge is 0.350 e. The van der Waals surface area contributed by atoms with Crippen LogP contribution < -0.4 is 15.4 Å². The molecule has 1 aromatic carbocycles. The minimum Gasteiger partial charge on any atom is -0.497 e. The Kier molecular flexibility index (Phi) is 6.89. The Balaban J connectivity index is 1.97. The largest absolute Gasteiger partial charge is 0.497 e. The molecule has 0 bridgehead atoms. The number of ether oxygens (including phenoxy) is 2. The molecule has 1 aromatic heterocycles. The van der Waals surface area contributed by atoms with Crippen molar-refractivity contribution in [3.05, 3.63) is 34.8 Å². The number of amides is 3. The molecule has 2 N–H and O–H groups in total. The molecule has 0 radical (unpaired) electrons. The summed E-state index contributed by atoms with van der Waals surface area (Å²) in [5.74, 6) is -0.651. The third-order valence-corrected chi connectivity index (χ3v) is 4.51. The first-order chi connectivity index (χ1) is 12.8. The van der Waals surface area contributed by atoms with Crippen LogP contribution in [0.25, 0.3) is 10.6 Å². The van der Waals surface area contributed by atoms with Crippen molar-refractivity contribution < 1.29 is 23.9 Å². The van der Waals surface area contributed by atoms with Crippen LogP contribution in [-0.2, 0) is 9.53 Å². The zero-order valence-electron chi connectivity index (χ0n) is 15.5. The van der Waals surface area contributed by atoms with E-state index >= 15 is 0 Å². The SMILES string of the molecule is COc1ccc(-c2nc(C)c(C(=O)OCC(=O)NC(=O)NC(C)C)s2)cc1. The van der Waals surface area contributed by atoms with E-state index in [1.165, 1.54) is 11.3 Å². The molecule has 1 heterocycles. The third kappa shape index (κ3) is 5.78. The zero-order chi connectivity index (χ0) is 20.0. The van der Waals surface area contributed by atoms with Crippen LogP contribution in [0.5, 0.6) is 5.75 Å². The number of hydrogen-bond acceptors (Lipinski definition) is 7. The van der Waals surface area contributed by atoms with Gasteiger partial charge in [0.05, 0.1) is 12.8 Å². The molecule has 2 rings (SSSR count). The Morgan fingerprint density at radius 1 is 1.19 bits per heavy atom. The normalized spacial score (nSPS) is 10.4. The summed E-state index contributed by atoms with van der Waals surface area (Å²) in [5.41, 5.74) is 1.35. The fraction of sp³-hybridized carbons (Fsp3) is 0.333. The Labute approximate surface area is 160 Å². The van der Waals surface area contributed by atoms with Gasteiger partial charge in [0, 0.05) is 11.6 Å². The molecule has 8 nitrogen and oxygen atoms in total. The first-order valence-corrected chi connectivity index (χ1v) is 9.01. The summed E-state index contributed by atoms with van der Waals surface area (Å²) in [6.45, 7) is 4.66. The molecule has 0 aliphatic heterocycles. The number of hydrogen-bond donors (Lipinski definition) is 2. The first-order valence-electron chi connectivity index (χ1n) is 8.19. The molecule has 144 valence electrons. The number of carbonyl (C=O) groups is 3. The van der Waals surface area contributed by atoms with Crippen LogP contribution in [0, 0.1) is 6.92 Å². The Morgan fingerprint density at radius 3 is 2.44 bits per heavy atom. The maximum absolute atomic E-state index is 12.2. The number of imide groups is 1. The van der Waals surface area contributed by atoms with E-state index in [0.29, 0.717) is 15.6 Å². The molecule has 0 aliphatic rings. The highest BCUT2D eigenvalue weighted by Crippen LogP contribution is 2.29. The number of aryl methyl sites for hydroxylation is 1. The van der Waals surface area contributed by atoms with E-state index in [1.807, 2.05) is 12.1 Å². The minimum absolute atomic E-state index is 0.114. The summed E-state index contributed by atoms with van der Waals surface area (Å²) in [4.78, 5) is 40.0. The maximum Gasteiger partial charge on any atom is 0.350 e. The van der Waals surface area contributed by atoms with Crippen molar-refractivity contribution in [2.45, 2.75) is 26.8 Å². The summed E-state index contributed by atoms with van der Waals surface area (Å²) in [7, 11) is 1.58. The quantitative estimate of drug-likeness (QED) is 0.733. The summed E-state index contributed by atoms with van der Waals surface area (Å²) in [6.07, 6.45) is 0. The van der Waals surface area contributed by atoms with Gasteiger partial charge in [0.1, 0.15) is 15.6 Å². The lowest BCUT2D eigenvalue weighted by Crippen LogP contribution is -2.44. The molecular weight excluding hydrogens is 370 g/mol. The number of urea groups is 1. The highest BCUT2D eigenvalue weighted by atomic mass is 32.1. The molecule has 9 heteroatoms. The van der Waals surface area contributed by atoms with Crippen LogP contribution in [0.4, 0.5) is 4.79 Å². The second kappa shape index (κ2) is 9.13. The molecule has 0 saturated heterocycles. The number of esters is 1. The van der Waals surface area contributed by atoms with Crippen molar-refractivity contribution in [1.29, 1.82) is 0 Å². The van der Waals surface area contributed by atoms with Gasteiger partial charge in [0.2, 0.25) is 0 Å². The van der Waals surface area contributed by atoms with Crippen molar-refractivity contribution in [3.8, 4) is 16.3 Å². The van der Waals surface area contributed by atoms with Crippen molar-refractivity contribution >= 4 is 29.2 Å². The summed E-state index contributed by atoms with van der Waals surface area (Å²) < 4.78 is 10.1. The van der Waals surface area contributed by atoms with Crippen molar-refractivity contribution in [2.75, 3.05) is 13.7 Å². The van der Waals surface area contributed by atoms with Crippen LogP contribution in [0.2, 0.25) is 0 Å². The molecule has 0 fully saturated rings. The third-order valence-electron chi connectivity index (χ3n) is 3.33. The lowest BCUT2D eigenvalue weighted by atomic mass is 10.2. The summed E-state index contributed by atoms with van der Waals surface area (Å²) >= 11 is 1.17. The molecule has 2 aromatic rings. The van der Waals surface area contributed by atoms with Gasteiger partial charge in [-0.1, -0.05) is 0 Å². The van der Waals surface area contributed by atoms with E-state index in [2.05, 4.69) is 15.6 Å². The van der Waals surface area contributed by atoms with Gasteiger partial charge < -0.3 is 14.8 Å². The molecule has 0 atom stereocenters. The number of methoxy groups -OCH3 is 1. The van der Waals surface area contributed by atoms with E-state index in [1.54, 1.807) is 40.0 Å².